The molecule has 20 heavy (non-hydrogen) atoms. The summed E-state index contributed by atoms with van der Waals surface area (Å²) in [6, 6.07) is 9.11. The number of hydrogen-bond donors (Lipinski definition) is 2. The molecule has 1 aliphatic heterocycles. The van der Waals surface area contributed by atoms with Gasteiger partial charge in [0, 0.05) is 18.5 Å². The maximum Gasteiger partial charge on any atom is 0.226 e. The van der Waals surface area contributed by atoms with E-state index in [1.807, 2.05) is 0 Å². The van der Waals surface area contributed by atoms with Crippen LogP contribution in [0.3, 0.4) is 0 Å². The molecule has 3 nitrogen and oxygen atoms in total. The van der Waals surface area contributed by atoms with Crippen LogP contribution in [-0.4, -0.2) is 12.5 Å². The largest absolute Gasteiger partial charge is 0.382 e. The van der Waals surface area contributed by atoms with Crippen LogP contribution in [0.15, 0.2) is 36.4 Å². The molecule has 2 aromatic rings. The van der Waals surface area contributed by atoms with Gasteiger partial charge in [0.25, 0.3) is 0 Å². The summed E-state index contributed by atoms with van der Waals surface area (Å²) in [4.78, 5) is 11.5. The first-order valence-corrected chi connectivity index (χ1v) is 6.27. The first kappa shape index (κ1) is 12.6. The van der Waals surface area contributed by atoms with Crippen molar-refractivity contribution in [2.24, 2.45) is 0 Å². The van der Waals surface area contributed by atoms with E-state index in [2.05, 4.69) is 10.6 Å². The van der Waals surface area contributed by atoms with Gasteiger partial charge in [-0.3, -0.25) is 4.79 Å². The van der Waals surface area contributed by atoms with Crippen LogP contribution in [0.25, 0.3) is 11.1 Å². The fourth-order valence-corrected chi connectivity index (χ4v) is 2.26. The van der Waals surface area contributed by atoms with E-state index in [9.17, 15) is 13.6 Å². The van der Waals surface area contributed by atoms with E-state index in [-0.39, 0.29) is 5.91 Å². The van der Waals surface area contributed by atoms with E-state index in [1.165, 1.54) is 6.07 Å². The van der Waals surface area contributed by atoms with Crippen LogP contribution in [0.2, 0.25) is 0 Å². The highest BCUT2D eigenvalue weighted by atomic mass is 19.2. The molecule has 2 aromatic carbocycles. The van der Waals surface area contributed by atoms with E-state index in [4.69, 9.17) is 0 Å². The maximum atomic E-state index is 13.4. The Bertz CT molecular complexity index is 686. The molecule has 0 bridgehead atoms. The maximum absolute atomic E-state index is 13.4. The third-order valence-corrected chi connectivity index (χ3v) is 3.22. The van der Waals surface area contributed by atoms with Crippen LogP contribution in [0.4, 0.5) is 20.2 Å². The molecule has 0 saturated heterocycles. The summed E-state index contributed by atoms with van der Waals surface area (Å²) in [5.41, 5.74) is 2.66. The number of para-hydroxylation sites is 1. The van der Waals surface area contributed by atoms with Crippen molar-refractivity contribution in [2.45, 2.75) is 6.42 Å². The van der Waals surface area contributed by atoms with E-state index in [1.54, 1.807) is 18.2 Å². The first-order valence-electron chi connectivity index (χ1n) is 6.27. The second-order valence-electron chi connectivity index (χ2n) is 4.58. The van der Waals surface area contributed by atoms with Crippen LogP contribution in [-0.2, 0) is 4.79 Å². The minimum Gasteiger partial charge on any atom is -0.382 e. The number of halogens is 2. The predicted molar refractivity (Wildman–Crippen MR) is 73.5 cm³/mol. The van der Waals surface area contributed by atoms with Gasteiger partial charge in [0.15, 0.2) is 11.6 Å². The molecule has 102 valence electrons. The van der Waals surface area contributed by atoms with Crippen molar-refractivity contribution < 1.29 is 13.6 Å². The zero-order valence-electron chi connectivity index (χ0n) is 10.5. The van der Waals surface area contributed by atoms with Gasteiger partial charge >= 0.3 is 0 Å². The lowest BCUT2D eigenvalue weighted by molar-refractivity contribution is -0.115. The Morgan fingerprint density at radius 3 is 2.70 bits per heavy atom. The molecule has 3 rings (SSSR count). The molecule has 2 N–H and O–H groups in total. The number of carbonyl (C=O) groups is 1. The minimum atomic E-state index is -0.891. The molecule has 0 fully saturated rings. The Balaban J connectivity index is 2.12. The topological polar surface area (TPSA) is 41.1 Å². The molecule has 0 saturated carbocycles. The van der Waals surface area contributed by atoms with Gasteiger partial charge in [-0.15, -0.1) is 0 Å². The van der Waals surface area contributed by atoms with Crippen molar-refractivity contribution in [3.63, 3.8) is 0 Å². The van der Waals surface area contributed by atoms with Gasteiger partial charge in [0.05, 0.1) is 11.4 Å². The molecule has 0 spiro atoms. The average molecular weight is 274 g/mol. The number of amides is 1. The van der Waals surface area contributed by atoms with Gasteiger partial charge in [-0.25, -0.2) is 8.78 Å². The van der Waals surface area contributed by atoms with Crippen LogP contribution in [0.5, 0.6) is 0 Å². The summed E-state index contributed by atoms with van der Waals surface area (Å²) in [5, 5.41) is 5.95. The van der Waals surface area contributed by atoms with Crippen molar-refractivity contribution in [2.75, 3.05) is 17.2 Å². The molecular formula is C15H12F2N2O. The number of rotatable bonds is 1. The lowest BCUT2D eigenvalue weighted by atomic mass is 10.0. The SMILES string of the molecule is O=C1CCNc2c(cccc2-c2ccc(F)c(F)c2)N1. The Hall–Kier alpha value is -2.43. The molecule has 0 unspecified atom stereocenters. The standard InChI is InChI=1S/C15H12F2N2O/c16-11-5-4-9(8-12(11)17)10-2-1-3-13-15(10)18-7-6-14(20)19-13/h1-5,8,18H,6-7H2,(H,19,20). The van der Waals surface area contributed by atoms with E-state index in [0.29, 0.717) is 24.2 Å². The predicted octanol–water partition coefficient (Wildman–Crippen LogP) is 3.39. The molecule has 1 aliphatic rings. The second kappa shape index (κ2) is 4.92. The Morgan fingerprint density at radius 2 is 1.90 bits per heavy atom. The fraction of sp³-hybridized carbons (Fsp3) is 0.133. The van der Waals surface area contributed by atoms with Crippen LogP contribution >= 0.6 is 0 Å². The molecule has 5 heteroatoms. The lowest BCUT2D eigenvalue weighted by Crippen LogP contribution is -2.10. The van der Waals surface area contributed by atoms with E-state index in [0.717, 1.165) is 23.4 Å². The van der Waals surface area contributed by atoms with Crippen LogP contribution in [0.1, 0.15) is 6.42 Å². The van der Waals surface area contributed by atoms with Crippen LogP contribution < -0.4 is 10.6 Å². The van der Waals surface area contributed by atoms with Crippen molar-refractivity contribution in [1.82, 2.24) is 0 Å². The molecule has 1 heterocycles. The molecule has 0 atom stereocenters. The van der Waals surface area contributed by atoms with Crippen molar-refractivity contribution in [1.29, 1.82) is 0 Å². The monoisotopic (exact) mass is 274 g/mol. The third kappa shape index (κ3) is 2.22. The summed E-state index contributed by atoms with van der Waals surface area (Å²) in [6.45, 7) is 0.500. The molecular weight excluding hydrogens is 262 g/mol. The smallest absolute Gasteiger partial charge is 0.226 e. The third-order valence-electron chi connectivity index (χ3n) is 3.22. The van der Waals surface area contributed by atoms with Gasteiger partial charge in [0.2, 0.25) is 5.91 Å². The summed E-state index contributed by atoms with van der Waals surface area (Å²) in [6.07, 6.45) is 0.367. The highest BCUT2D eigenvalue weighted by Crippen LogP contribution is 2.35. The van der Waals surface area contributed by atoms with Crippen molar-refractivity contribution in [3.8, 4) is 11.1 Å². The number of carbonyl (C=O) groups excluding carboxylic acids is 1. The quantitative estimate of drug-likeness (QED) is 0.837. The minimum absolute atomic E-state index is 0.0707. The summed E-state index contributed by atoms with van der Waals surface area (Å²) >= 11 is 0. The summed E-state index contributed by atoms with van der Waals surface area (Å²) < 4.78 is 26.4. The van der Waals surface area contributed by atoms with E-state index < -0.39 is 11.6 Å². The number of hydrogen-bond acceptors (Lipinski definition) is 2. The lowest BCUT2D eigenvalue weighted by Gasteiger charge is -2.13. The summed E-state index contributed by atoms with van der Waals surface area (Å²) in [7, 11) is 0. The van der Waals surface area contributed by atoms with Crippen molar-refractivity contribution in [3.05, 3.63) is 48.0 Å². The van der Waals surface area contributed by atoms with Gasteiger partial charge in [-0.2, -0.15) is 0 Å². The Kier molecular flexibility index (Phi) is 3.10. The first-order chi connectivity index (χ1) is 9.65. The molecule has 0 aliphatic carbocycles. The number of anilines is 2. The van der Waals surface area contributed by atoms with Crippen molar-refractivity contribution >= 4 is 17.3 Å². The second-order valence-corrected chi connectivity index (χ2v) is 4.58. The number of benzene rings is 2. The fourth-order valence-electron chi connectivity index (χ4n) is 2.26. The van der Waals surface area contributed by atoms with Gasteiger partial charge in [-0.1, -0.05) is 18.2 Å². The average Bonchev–Trinajstić information content (AvgIpc) is 2.62. The number of fused-ring (bicyclic) bond motifs is 1. The normalized spacial score (nSPS) is 14.0. The van der Waals surface area contributed by atoms with Gasteiger partial charge in [0.1, 0.15) is 0 Å². The highest BCUT2D eigenvalue weighted by Gasteiger charge is 2.16. The van der Waals surface area contributed by atoms with Gasteiger partial charge < -0.3 is 10.6 Å². The summed E-state index contributed by atoms with van der Waals surface area (Å²) in [5.74, 6) is -1.84. The molecule has 1 amide bonds. The van der Waals surface area contributed by atoms with Gasteiger partial charge in [-0.05, 0) is 23.8 Å². The zero-order valence-corrected chi connectivity index (χ0v) is 10.5. The molecule has 0 radical (unpaired) electrons. The zero-order chi connectivity index (χ0) is 14.1. The highest BCUT2D eigenvalue weighted by molar-refractivity contribution is 5.99. The van der Waals surface area contributed by atoms with E-state index >= 15 is 0 Å². The Labute approximate surface area is 114 Å². The Morgan fingerprint density at radius 1 is 1.05 bits per heavy atom. The number of nitrogens with one attached hydrogen (secondary N) is 2. The van der Waals surface area contributed by atoms with Crippen LogP contribution in [0, 0.1) is 11.6 Å². The molecule has 0 aromatic heterocycles.